The summed E-state index contributed by atoms with van der Waals surface area (Å²) < 4.78 is 0. The summed E-state index contributed by atoms with van der Waals surface area (Å²) >= 11 is 0. The zero-order valence-electron chi connectivity index (χ0n) is 18.1. The van der Waals surface area contributed by atoms with Gasteiger partial charge in [-0.05, 0) is 56.2 Å². The van der Waals surface area contributed by atoms with E-state index < -0.39 is 0 Å². The van der Waals surface area contributed by atoms with E-state index in [-0.39, 0.29) is 5.92 Å². The molecule has 0 bridgehead atoms. The van der Waals surface area contributed by atoms with Crippen LogP contribution < -0.4 is 4.90 Å². The van der Waals surface area contributed by atoms with E-state index >= 15 is 0 Å². The molecule has 2 aliphatic rings. The summed E-state index contributed by atoms with van der Waals surface area (Å²) in [4.78, 5) is 22.4. The summed E-state index contributed by atoms with van der Waals surface area (Å²) in [6, 6.07) is 10.5. The van der Waals surface area contributed by atoms with Crippen LogP contribution in [0.3, 0.4) is 0 Å². The van der Waals surface area contributed by atoms with E-state index in [1.165, 1.54) is 43.1 Å². The minimum atomic E-state index is 0.264. The summed E-state index contributed by atoms with van der Waals surface area (Å²) in [5.74, 6) is 2.57. The fourth-order valence-corrected chi connectivity index (χ4v) is 5.10. The first-order valence-electron chi connectivity index (χ1n) is 11.6. The summed E-state index contributed by atoms with van der Waals surface area (Å²) in [5, 5.41) is 1.22. The van der Waals surface area contributed by atoms with Gasteiger partial charge < -0.3 is 9.80 Å². The van der Waals surface area contributed by atoms with Gasteiger partial charge in [-0.25, -0.2) is 4.98 Å². The second-order valence-electron chi connectivity index (χ2n) is 8.99. The summed E-state index contributed by atoms with van der Waals surface area (Å²) in [6.07, 6.45) is 8.67. The van der Waals surface area contributed by atoms with Crippen molar-refractivity contribution >= 4 is 22.6 Å². The van der Waals surface area contributed by atoms with Crippen LogP contribution in [-0.2, 0) is 4.79 Å². The standard InChI is InChI=1S/C25H35N3O/c1-3-4-7-20-10-12-21(13-11-20)25(29)28-16-14-27(15-17-28)24-18-19(2)22-8-5-6-9-23(22)26-24/h5-6,8-9,18,20-21H,3-4,7,10-17H2,1-2H3. The Morgan fingerprint density at radius 2 is 1.79 bits per heavy atom. The van der Waals surface area contributed by atoms with Crippen molar-refractivity contribution in [1.29, 1.82) is 0 Å². The van der Waals surface area contributed by atoms with E-state index in [4.69, 9.17) is 4.98 Å². The van der Waals surface area contributed by atoms with E-state index in [2.05, 4.69) is 47.9 Å². The first-order valence-corrected chi connectivity index (χ1v) is 11.6. The molecule has 2 heterocycles. The zero-order valence-corrected chi connectivity index (χ0v) is 18.1. The Morgan fingerprint density at radius 3 is 2.52 bits per heavy atom. The molecule has 0 unspecified atom stereocenters. The van der Waals surface area contributed by atoms with Crippen LogP contribution in [0.25, 0.3) is 10.9 Å². The second kappa shape index (κ2) is 9.15. The molecule has 1 aromatic heterocycles. The maximum absolute atomic E-state index is 13.0. The van der Waals surface area contributed by atoms with Crippen LogP contribution in [-0.4, -0.2) is 42.0 Å². The van der Waals surface area contributed by atoms with Crippen molar-refractivity contribution in [3.63, 3.8) is 0 Å². The Labute approximate surface area is 175 Å². The lowest BCUT2D eigenvalue weighted by Gasteiger charge is -2.38. The average Bonchev–Trinajstić information content (AvgIpc) is 2.77. The van der Waals surface area contributed by atoms with Gasteiger partial charge in [0.2, 0.25) is 5.91 Å². The highest BCUT2D eigenvalue weighted by Crippen LogP contribution is 2.33. The van der Waals surface area contributed by atoms with Gasteiger partial charge in [-0.3, -0.25) is 4.79 Å². The van der Waals surface area contributed by atoms with Crippen molar-refractivity contribution in [3.05, 3.63) is 35.9 Å². The van der Waals surface area contributed by atoms with Crippen molar-refractivity contribution in [3.8, 4) is 0 Å². The first kappa shape index (κ1) is 20.2. The van der Waals surface area contributed by atoms with E-state index in [9.17, 15) is 4.79 Å². The van der Waals surface area contributed by atoms with Gasteiger partial charge in [0.05, 0.1) is 5.52 Å². The molecule has 4 nitrogen and oxygen atoms in total. The van der Waals surface area contributed by atoms with E-state index in [1.54, 1.807) is 0 Å². The zero-order chi connectivity index (χ0) is 20.2. The van der Waals surface area contributed by atoms with Crippen molar-refractivity contribution in [1.82, 2.24) is 9.88 Å². The lowest BCUT2D eigenvalue weighted by molar-refractivity contribution is -0.137. The molecular formula is C25H35N3O. The van der Waals surface area contributed by atoms with Crippen molar-refractivity contribution in [2.75, 3.05) is 31.1 Å². The molecule has 1 saturated carbocycles. The molecule has 1 aliphatic heterocycles. The number of unbranched alkanes of at least 4 members (excludes halogenated alkanes) is 1. The Bertz CT molecular complexity index is 833. The molecule has 156 valence electrons. The lowest BCUT2D eigenvalue weighted by atomic mass is 9.79. The van der Waals surface area contributed by atoms with Crippen LogP contribution in [0.5, 0.6) is 0 Å². The highest BCUT2D eigenvalue weighted by Gasteiger charge is 2.31. The number of para-hydroxylation sites is 1. The number of fused-ring (bicyclic) bond motifs is 1. The minimum absolute atomic E-state index is 0.264. The number of hydrogen-bond donors (Lipinski definition) is 0. The Hall–Kier alpha value is -2.10. The van der Waals surface area contributed by atoms with Gasteiger partial charge in [-0.2, -0.15) is 0 Å². The number of piperazine rings is 1. The van der Waals surface area contributed by atoms with Gasteiger partial charge in [0.1, 0.15) is 5.82 Å². The molecule has 4 heteroatoms. The molecule has 2 aromatic rings. The molecule has 0 N–H and O–H groups in total. The molecule has 0 atom stereocenters. The number of hydrogen-bond acceptors (Lipinski definition) is 3. The Morgan fingerprint density at radius 1 is 1.07 bits per heavy atom. The van der Waals surface area contributed by atoms with Gasteiger partial charge in [-0.1, -0.05) is 44.4 Å². The molecule has 0 spiro atoms. The fraction of sp³-hybridized carbons (Fsp3) is 0.600. The normalized spacial score (nSPS) is 22.8. The van der Waals surface area contributed by atoms with Crippen LogP contribution in [0.2, 0.25) is 0 Å². The van der Waals surface area contributed by atoms with Crippen LogP contribution in [0, 0.1) is 18.8 Å². The number of benzene rings is 1. The number of carbonyl (C=O) groups excluding carboxylic acids is 1. The van der Waals surface area contributed by atoms with Crippen molar-refractivity contribution in [2.45, 2.75) is 58.8 Å². The monoisotopic (exact) mass is 393 g/mol. The van der Waals surface area contributed by atoms with Crippen LogP contribution in [0.15, 0.2) is 30.3 Å². The topological polar surface area (TPSA) is 36.4 Å². The number of nitrogens with zero attached hydrogens (tertiary/aromatic N) is 3. The number of aromatic nitrogens is 1. The largest absolute Gasteiger partial charge is 0.353 e. The summed E-state index contributed by atoms with van der Waals surface area (Å²) in [5.41, 5.74) is 2.32. The first-order chi connectivity index (χ1) is 14.2. The number of carbonyl (C=O) groups is 1. The Kier molecular flexibility index (Phi) is 6.37. The fourth-order valence-electron chi connectivity index (χ4n) is 5.10. The quantitative estimate of drug-likeness (QED) is 0.701. The van der Waals surface area contributed by atoms with Crippen LogP contribution in [0.4, 0.5) is 5.82 Å². The van der Waals surface area contributed by atoms with Gasteiger partial charge in [0, 0.05) is 37.5 Å². The van der Waals surface area contributed by atoms with Crippen LogP contribution in [0.1, 0.15) is 57.4 Å². The Balaban J connectivity index is 1.32. The average molecular weight is 394 g/mol. The minimum Gasteiger partial charge on any atom is -0.353 e. The lowest BCUT2D eigenvalue weighted by Crippen LogP contribution is -2.51. The summed E-state index contributed by atoms with van der Waals surface area (Å²) in [6.45, 7) is 7.82. The van der Waals surface area contributed by atoms with Crippen LogP contribution >= 0.6 is 0 Å². The van der Waals surface area contributed by atoms with Crippen molar-refractivity contribution in [2.24, 2.45) is 11.8 Å². The molecule has 1 amide bonds. The number of amides is 1. The van der Waals surface area contributed by atoms with Gasteiger partial charge >= 0.3 is 0 Å². The second-order valence-corrected chi connectivity index (χ2v) is 8.99. The molecule has 4 rings (SSSR count). The SMILES string of the molecule is CCCCC1CCC(C(=O)N2CCN(c3cc(C)c4ccccc4n3)CC2)CC1. The molecule has 2 fully saturated rings. The third kappa shape index (κ3) is 4.57. The third-order valence-corrected chi connectivity index (χ3v) is 6.99. The predicted octanol–water partition coefficient (Wildman–Crippen LogP) is 5.19. The highest BCUT2D eigenvalue weighted by atomic mass is 16.2. The maximum Gasteiger partial charge on any atom is 0.225 e. The molecule has 29 heavy (non-hydrogen) atoms. The van der Waals surface area contributed by atoms with E-state index in [0.717, 1.165) is 56.3 Å². The highest BCUT2D eigenvalue weighted by molar-refractivity contribution is 5.84. The molecule has 1 aromatic carbocycles. The van der Waals surface area contributed by atoms with E-state index in [0.29, 0.717) is 5.91 Å². The van der Waals surface area contributed by atoms with Gasteiger partial charge in [-0.15, -0.1) is 0 Å². The predicted molar refractivity (Wildman–Crippen MR) is 120 cm³/mol. The third-order valence-electron chi connectivity index (χ3n) is 6.99. The number of rotatable bonds is 5. The van der Waals surface area contributed by atoms with E-state index in [1.807, 2.05) is 6.07 Å². The van der Waals surface area contributed by atoms with Gasteiger partial charge in [0.25, 0.3) is 0 Å². The molecule has 0 radical (unpaired) electrons. The molecule has 1 saturated heterocycles. The number of aryl methyl sites for hydroxylation is 1. The van der Waals surface area contributed by atoms with Crippen molar-refractivity contribution < 1.29 is 4.79 Å². The number of anilines is 1. The smallest absolute Gasteiger partial charge is 0.225 e. The van der Waals surface area contributed by atoms with Gasteiger partial charge in [0.15, 0.2) is 0 Å². The maximum atomic E-state index is 13.0. The summed E-state index contributed by atoms with van der Waals surface area (Å²) in [7, 11) is 0. The number of pyridine rings is 1. The molecule has 1 aliphatic carbocycles. The molecular weight excluding hydrogens is 358 g/mol.